The second-order valence-corrected chi connectivity index (χ2v) is 6.86. The molecule has 21 heavy (non-hydrogen) atoms. The molecule has 3 unspecified atom stereocenters. The number of benzene rings is 1. The Kier molecular flexibility index (Phi) is 3.68. The quantitative estimate of drug-likeness (QED) is 0.912. The van der Waals surface area contributed by atoms with Crippen LogP contribution in [0.3, 0.4) is 0 Å². The van der Waals surface area contributed by atoms with Crippen LogP contribution in [0.25, 0.3) is 0 Å². The van der Waals surface area contributed by atoms with Crippen LogP contribution in [0.5, 0.6) is 5.75 Å². The molecular formula is C18H24O3. The Bertz CT molecular complexity index is 551. The Balaban J connectivity index is 1.73. The van der Waals surface area contributed by atoms with Crippen molar-refractivity contribution in [3.05, 3.63) is 29.3 Å². The molecule has 1 aromatic rings. The van der Waals surface area contributed by atoms with E-state index >= 15 is 0 Å². The monoisotopic (exact) mass is 288 g/mol. The van der Waals surface area contributed by atoms with E-state index in [1.54, 1.807) is 0 Å². The molecule has 0 amide bonds. The first kappa shape index (κ1) is 14.4. The second-order valence-electron chi connectivity index (χ2n) is 6.86. The summed E-state index contributed by atoms with van der Waals surface area (Å²) in [7, 11) is 0. The number of fused-ring (bicyclic) bond motifs is 1. The molecule has 3 heteroatoms. The number of aryl methyl sites for hydroxylation is 1. The van der Waals surface area contributed by atoms with Crippen LogP contribution in [-0.4, -0.2) is 17.2 Å². The number of carboxylic acids is 1. The molecule has 0 aromatic heterocycles. The lowest BCUT2D eigenvalue weighted by molar-refractivity contribution is -0.150. The molecule has 0 bridgehead atoms. The van der Waals surface area contributed by atoms with Crippen molar-refractivity contribution in [2.24, 2.45) is 11.3 Å². The molecule has 1 aliphatic carbocycles. The minimum Gasteiger partial charge on any atom is -0.490 e. The number of ether oxygens (including phenoxy) is 1. The van der Waals surface area contributed by atoms with Crippen molar-refractivity contribution in [1.82, 2.24) is 0 Å². The lowest BCUT2D eigenvalue weighted by atomic mass is 9.79. The first-order valence-electron chi connectivity index (χ1n) is 8.02. The molecule has 2 aliphatic rings. The van der Waals surface area contributed by atoms with Gasteiger partial charge in [-0.15, -0.1) is 0 Å². The summed E-state index contributed by atoms with van der Waals surface area (Å²) >= 11 is 0. The minimum atomic E-state index is -0.630. The normalized spacial score (nSPS) is 31.0. The van der Waals surface area contributed by atoms with Gasteiger partial charge in [-0.3, -0.25) is 4.79 Å². The van der Waals surface area contributed by atoms with Gasteiger partial charge < -0.3 is 9.84 Å². The van der Waals surface area contributed by atoms with Gasteiger partial charge in [-0.25, -0.2) is 0 Å². The van der Waals surface area contributed by atoms with Gasteiger partial charge in [-0.05, 0) is 43.7 Å². The highest BCUT2D eigenvalue weighted by Gasteiger charge is 2.47. The molecule has 1 saturated carbocycles. The zero-order valence-electron chi connectivity index (χ0n) is 12.9. The predicted octanol–water partition coefficient (Wildman–Crippen LogP) is 3.97. The lowest BCUT2D eigenvalue weighted by Gasteiger charge is -2.27. The number of rotatable bonds is 4. The topological polar surface area (TPSA) is 46.5 Å². The van der Waals surface area contributed by atoms with Crippen molar-refractivity contribution in [2.45, 2.75) is 58.5 Å². The van der Waals surface area contributed by atoms with Gasteiger partial charge in [0.25, 0.3) is 0 Å². The fraction of sp³-hybridized carbons (Fsp3) is 0.611. The fourth-order valence-electron chi connectivity index (χ4n) is 4.05. The molecule has 114 valence electrons. The van der Waals surface area contributed by atoms with Gasteiger partial charge in [0.1, 0.15) is 11.9 Å². The summed E-state index contributed by atoms with van der Waals surface area (Å²) in [5, 5.41) is 9.74. The molecule has 1 aliphatic heterocycles. The van der Waals surface area contributed by atoms with Crippen molar-refractivity contribution in [3.63, 3.8) is 0 Å². The highest BCUT2D eigenvalue weighted by molar-refractivity contribution is 5.75. The van der Waals surface area contributed by atoms with Gasteiger partial charge in [-0.2, -0.15) is 0 Å². The Morgan fingerprint density at radius 1 is 1.48 bits per heavy atom. The highest BCUT2D eigenvalue weighted by Crippen LogP contribution is 2.48. The van der Waals surface area contributed by atoms with Crippen LogP contribution in [0.4, 0.5) is 0 Å². The smallest absolute Gasteiger partial charge is 0.309 e. The molecule has 0 radical (unpaired) electrons. The van der Waals surface area contributed by atoms with Gasteiger partial charge in [0, 0.05) is 12.8 Å². The SMILES string of the molecule is CCC1CCC(CC2Cc3cc(C)ccc3O2)(C(=O)O)C1. The third-order valence-corrected chi connectivity index (χ3v) is 5.32. The molecule has 0 saturated heterocycles. The minimum absolute atomic E-state index is 0.0218. The third kappa shape index (κ3) is 2.66. The molecule has 1 fully saturated rings. The summed E-state index contributed by atoms with van der Waals surface area (Å²) in [5.74, 6) is 0.873. The van der Waals surface area contributed by atoms with Gasteiger partial charge in [0.05, 0.1) is 5.41 Å². The van der Waals surface area contributed by atoms with Gasteiger partial charge in [0.15, 0.2) is 0 Å². The fourth-order valence-corrected chi connectivity index (χ4v) is 4.05. The van der Waals surface area contributed by atoms with E-state index in [2.05, 4.69) is 26.0 Å². The summed E-state index contributed by atoms with van der Waals surface area (Å²) in [6.07, 6.45) is 5.26. The van der Waals surface area contributed by atoms with E-state index in [0.717, 1.165) is 37.9 Å². The molecule has 1 heterocycles. The largest absolute Gasteiger partial charge is 0.490 e. The molecule has 0 spiro atoms. The molecule has 1 aromatic carbocycles. The molecular weight excluding hydrogens is 264 g/mol. The van der Waals surface area contributed by atoms with E-state index in [1.165, 1.54) is 11.1 Å². The third-order valence-electron chi connectivity index (χ3n) is 5.32. The van der Waals surface area contributed by atoms with Crippen molar-refractivity contribution < 1.29 is 14.6 Å². The summed E-state index contributed by atoms with van der Waals surface area (Å²) < 4.78 is 6.00. The molecule has 3 atom stereocenters. The Morgan fingerprint density at radius 3 is 2.95 bits per heavy atom. The highest BCUT2D eigenvalue weighted by atomic mass is 16.5. The summed E-state index contributed by atoms with van der Waals surface area (Å²) in [6, 6.07) is 6.23. The first-order valence-corrected chi connectivity index (χ1v) is 8.02. The van der Waals surface area contributed by atoms with E-state index in [9.17, 15) is 9.90 Å². The van der Waals surface area contributed by atoms with Gasteiger partial charge in [-0.1, -0.05) is 31.0 Å². The van der Waals surface area contributed by atoms with E-state index in [-0.39, 0.29) is 6.10 Å². The second kappa shape index (κ2) is 5.36. The summed E-state index contributed by atoms with van der Waals surface area (Å²) in [5.41, 5.74) is 1.89. The van der Waals surface area contributed by atoms with Crippen molar-refractivity contribution >= 4 is 5.97 Å². The first-order chi connectivity index (χ1) is 10.0. The number of carbonyl (C=O) groups is 1. The summed E-state index contributed by atoms with van der Waals surface area (Å²) in [6.45, 7) is 4.24. The Morgan fingerprint density at radius 2 is 2.29 bits per heavy atom. The van der Waals surface area contributed by atoms with Crippen molar-refractivity contribution in [3.8, 4) is 5.75 Å². The Labute approximate surface area is 126 Å². The van der Waals surface area contributed by atoms with E-state index in [1.807, 2.05) is 6.07 Å². The van der Waals surface area contributed by atoms with Crippen LogP contribution in [0.1, 0.15) is 50.2 Å². The maximum atomic E-state index is 11.8. The summed E-state index contributed by atoms with van der Waals surface area (Å²) in [4.78, 5) is 11.8. The molecule has 3 nitrogen and oxygen atoms in total. The van der Waals surface area contributed by atoms with Crippen molar-refractivity contribution in [1.29, 1.82) is 0 Å². The van der Waals surface area contributed by atoms with Crippen LogP contribution in [0.2, 0.25) is 0 Å². The van der Waals surface area contributed by atoms with E-state index in [4.69, 9.17) is 4.74 Å². The number of carboxylic acid groups (broad SMARTS) is 1. The van der Waals surface area contributed by atoms with Crippen LogP contribution in [0.15, 0.2) is 18.2 Å². The zero-order chi connectivity index (χ0) is 15.0. The molecule has 3 rings (SSSR count). The number of hydrogen-bond acceptors (Lipinski definition) is 2. The predicted molar refractivity (Wildman–Crippen MR) is 81.6 cm³/mol. The van der Waals surface area contributed by atoms with E-state index < -0.39 is 11.4 Å². The van der Waals surface area contributed by atoms with Crippen LogP contribution in [-0.2, 0) is 11.2 Å². The number of aliphatic carboxylic acids is 1. The van der Waals surface area contributed by atoms with Gasteiger partial charge >= 0.3 is 5.97 Å². The lowest BCUT2D eigenvalue weighted by Crippen LogP contribution is -2.34. The van der Waals surface area contributed by atoms with Gasteiger partial charge in [0.2, 0.25) is 0 Å². The molecule has 1 N–H and O–H groups in total. The Hall–Kier alpha value is -1.51. The van der Waals surface area contributed by atoms with Crippen molar-refractivity contribution in [2.75, 3.05) is 0 Å². The van der Waals surface area contributed by atoms with Crippen LogP contribution >= 0.6 is 0 Å². The maximum absolute atomic E-state index is 11.8. The maximum Gasteiger partial charge on any atom is 0.309 e. The van der Waals surface area contributed by atoms with Crippen LogP contribution in [0, 0.1) is 18.3 Å². The standard InChI is InChI=1S/C18H24O3/c1-3-13-6-7-18(10-13,17(19)20)11-15-9-14-8-12(2)4-5-16(14)21-15/h4-5,8,13,15H,3,6-7,9-11H2,1-2H3,(H,19,20). The van der Waals surface area contributed by atoms with E-state index in [0.29, 0.717) is 12.3 Å². The number of hydrogen-bond donors (Lipinski definition) is 1. The average molecular weight is 288 g/mol. The zero-order valence-corrected chi connectivity index (χ0v) is 12.9. The average Bonchev–Trinajstić information content (AvgIpc) is 3.02. The van der Waals surface area contributed by atoms with Crippen LogP contribution < -0.4 is 4.74 Å².